The highest BCUT2D eigenvalue weighted by Crippen LogP contribution is 2.19. The van der Waals surface area contributed by atoms with Gasteiger partial charge in [-0.1, -0.05) is 11.6 Å². The quantitative estimate of drug-likeness (QED) is 0.594. The molecule has 0 bridgehead atoms. The van der Waals surface area contributed by atoms with Gasteiger partial charge in [-0.25, -0.2) is 5.43 Å². The molecule has 2 aromatic carbocycles. The van der Waals surface area contributed by atoms with Gasteiger partial charge in [0.2, 0.25) is 5.91 Å². The number of hydrogen-bond acceptors (Lipinski definition) is 4. The third-order valence-electron chi connectivity index (χ3n) is 2.83. The fraction of sp³-hybridized carbons (Fsp3) is 0.0625. The average molecular weight is 332 g/mol. The van der Waals surface area contributed by atoms with E-state index in [4.69, 9.17) is 11.6 Å². The van der Waals surface area contributed by atoms with Crippen molar-refractivity contribution in [1.29, 1.82) is 0 Å². The van der Waals surface area contributed by atoms with Crippen molar-refractivity contribution in [3.05, 3.63) is 58.6 Å². The standard InChI is InChI=1S/C16H14ClN3O3/c1-10(21)19-14-5-2-11(3-6-14)16(23)20-18-9-12-8-13(17)4-7-15(12)22/h2-9,22H,1H3,(H,19,21)(H,20,23). The Bertz CT molecular complexity index is 758. The number of phenolic OH excluding ortho intramolecular Hbond substituents is 1. The molecule has 0 spiro atoms. The zero-order valence-electron chi connectivity index (χ0n) is 12.2. The Morgan fingerprint density at radius 3 is 2.52 bits per heavy atom. The second kappa shape index (κ2) is 7.42. The van der Waals surface area contributed by atoms with Crippen LogP contribution in [-0.4, -0.2) is 23.1 Å². The number of rotatable bonds is 4. The first-order valence-electron chi connectivity index (χ1n) is 6.65. The molecule has 0 heterocycles. The summed E-state index contributed by atoms with van der Waals surface area (Å²) in [5.74, 6) is -0.600. The van der Waals surface area contributed by atoms with E-state index in [9.17, 15) is 14.7 Å². The van der Waals surface area contributed by atoms with Crippen LogP contribution in [0, 0.1) is 0 Å². The van der Waals surface area contributed by atoms with E-state index in [1.807, 2.05) is 0 Å². The fourth-order valence-electron chi connectivity index (χ4n) is 1.76. The number of carbonyl (C=O) groups excluding carboxylic acids is 2. The lowest BCUT2D eigenvalue weighted by molar-refractivity contribution is -0.114. The van der Waals surface area contributed by atoms with Gasteiger partial charge in [0.1, 0.15) is 5.75 Å². The molecular weight excluding hydrogens is 318 g/mol. The van der Waals surface area contributed by atoms with E-state index in [1.54, 1.807) is 30.3 Å². The maximum absolute atomic E-state index is 11.9. The molecule has 0 aliphatic rings. The number of carbonyl (C=O) groups is 2. The molecule has 0 saturated heterocycles. The summed E-state index contributed by atoms with van der Waals surface area (Å²) in [7, 11) is 0. The van der Waals surface area contributed by atoms with Gasteiger partial charge >= 0.3 is 0 Å². The summed E-state index contributed by atoms with van der Waals surface area (Å²) in [4.78, 5) is 22.8. The van der Waals surface area contributed by atoms with Crippen LogP contribution in [0.15, 0.2) is 47.6 Å². The van der Waals surface area contributed by atoms with E-state index in [1.165, 1.54) is 25.3 Å². The summed E-state index contributed by atoms with van der Waals surface area (Å²) < 4.78 is 0. The van der Waals surface area contributed by atoms with Crippen LogP contribution in [0.4, 0.5) is 5.69 Å². The van der Waals surface area contributed by atoms with E-state index < -0.39 is 5.91 Å². The summed E-state index contributed by atoms with van der Waals surface area (Å²) in [5, 5.41) is 16.5. The number of amides is 2. The summed E-state index contributed by atoms with van der Waals surface area (Å²) in [6, 6.07) is 10.9. The lowest BCUT2D eigenvalue weighted by Gasteiger charge is -2.04. The van der Waals surface area contributed by atoms with Crippen molar-refractivity contribution in [2.24, 2.45) is 5.10 Å². The molecule has 118 valence electrons. The van der Waals surface area contributed by atoms with Gasteiger partial charge in [-0.05, 0) is 42.5 Å². The van der Waals surface area contributed by atoms with Crippen molar-refractivity contribution in [2.45, 2.75) is 6.92 Å². The van der Waals surface area contributed by atoms with Gasteiger partial charge in [0.05, 0.1) is 6.21 Å². The highest BCUT2D eigenvalue weighted by molar-refractivity contribution is 6.30. The van der Waals surface area contributed by atoms with Gasteiger partial charge in [-0.2, -0.15) is 5.10 Å². The lowest BCUT2D eigenvalue weighted by atomic mass is 10.2. The van der Waals surface area contributed by atoms with E-state index in [2.05, 4.69) is 15.8 Å². The molecule has 0 saturated carbocycles. The molecule has 0 atom stereocenters. The van der Waals surface area contributed by atoms with Crippen LogP contribution in [0.5, 0.6) is 5.75 Å². The van der Waals surface area contributed by atoms with Gasteiger partial charge in [-0.15, -0.1) is 0 Å². The average Bonchev–Trinajstić information content (AvgIpc) is 2.50. The van der Waals surface area contributed by atoms with E-state index in [0.29, 0.717) is 21.8 Å². The van der Waals surface area contributed by atoms with Crippen molar-refractivity contribution >= 4 is 35.3 Å². The number of phenols is 1. The number of hydrazone groups is 1. The van der Waals surface area contributed by atoms with Gasteiger partial charge in [0.25, 0.3) is 5.91 Å². The first-order chi connectivity index (χ1) is 11.0. The molecule has 0 aliphatic heterocycles. The Morgan fingerprint density at radius 2 is 1.87 bits per heavy atom. The maximum Gasteiger partial charge on any atom is 0.271 e. The minimum Gasteiger partial charge on any atom is -0.507 e. The molecule has 3 N–H and O–H groups in total. The molecule has 2 aromatic rings. The molecule has 0 aromatic heterocycles. The zero-order valence-corrected chi connectivity index (χ0v) is 13.0. The van der Waals surface area contributed by atoms with Crippen LogP contribution >= 0.6 is 11.6 Å². The summed E-state index contributed by atoms with van der Waals surface area (Å²) >= 11 is 5.81. The fourth-order valence-corrected chi connectivity index (χ4v) is 1.94. The second-order valence-electron chi connectivity index (χ2n) is 4.66. The molecule has 2 amide bonds. The molecule has 0 fully saturated rings. The Morgan fingerprint density at radius 1 is 1.17 bits per heavy atom. The van der Waals surface area contributed by atoms with Crippen LogP contribution in [0.2, 0.25) is 5.02 Å². The monoisotopic (exact) mass is 331 g/mol. The van der Waals surface area contributed by atoms with E-state index in [0.717, 1.165) is 0 Å². The van der Waals surface area contributed by atoms with Crippen molar-refractivity contribution in [3.8, 4) is 5.75 Å². The van der Waals surface area contributed by atoms with Gasteiger partial charge < -0.3 is 10.4 Å². The van der Waals surface area contributed by atoms with Crippen LogP contribution in [0.25, 0.3) is 0 Å². The Hall–Kier alpha value is -2.86. The number of nitrogens with one attached hydrogen (secondary N) is 2. The minimum atomic E-state index is -0.419. The van der Waals surface area contributed by atoms with Crippen molar-refractivity contribution in [3.63, 3.8) is 0 Å². The topological polar surface area (TPSA) is 90.8 Å². The van der Waals surface area contributed by atoms with Crippen molar-refractivity contribution in [1.82, 2.24) is 5.43 Å². The third kappa shape index (κ3) is 4.82. The number of halogens is 1. The highest BCUT2D eigenvalue weighted by Gasteiger charge is 2.05. The summed E-state index contributed by atoms with van der Waals surface area (Å²) in [6.45, 7) is 1.40. The first-order valence-corrected chi connectivity index (χ1v) is 7.03. The molecule has 2 rings (SSSR count). The lowest BCUT2D eigenvalue weighted by Crippen LogP contribution is -2.17. The van der Waals surface area contributed by atoms with Crippen LogP contribution in [-0.2, 0) is 4.79 Å². The number of benzene rings is 2. The molecule has 0 radical (unpaired) electrons. The largest absolute Gasteiger partial charge is 0.507 e. The molecular formula is C16H14ClN3O3. The highest BCUT2D eigenvalue weighted by atomic mass is 35.5. The first kappa shape index (κ1) is 16.5. The SMILES string of the molecule is CC(=O)Nc1ccc(C(=O)NN=Cc2cc(Cl)ccc2O)cc1. The van der Waals surface area contributed by atoms with Crippen molar-refractivity contribution in [2.75, 3.05) is 5.32 Å². The third-order valence-corrected chi connectivity index (χ3v) is 3.06. The molecule has 0 unspecified atom stereocenters. The minimum absolute atomic E-state index is 0.00654. The van der Waals surface area contributed by atoms with E-state index in [-0.39, 0.29) is 11.7 Å². The number of aromatic hydroxyl groups is 1. The molecule has 23 heavy (non-hydrogen) atoms. The van der Waals surface area contributed by atoms with Crippen LogP contribution in [0.1, 0.15) is 22.8 Å². The Labute approximate surface area is 137 Å². The smallest absolute Gasteiger partial charge is 0.271 e. The predicted molar refractivity (Wildman–Crippen MR) is 88.9 cm³/mol. The number of hydrogen-bond donors (Lipinski definition) is 3. The molecule has 6 nitrogen and oxygen atoms in total. The number of nitrogens with zero attached hydrogens (tertiary/aromatic N) is 1. The zero-order chi connectivity index (χ0) is 16.8. The molecule has 0 aliphatic carbocycles. The Kier molecular flexibility index (Phi) is 5.32. The van der Waals surface area contributed by atoms with Gasteiger partial charge in [-0.3, -0.25) is 9.59 Å². The normalized spacial score (nSPS) is 10.5. The second-order valence-corrected chi connectivity index (χ2v) is 5.10. The predicted octanol–water partition coefficient (Wildman–Crippen LogP) is 2.77. The summed E-state index contributed by atoms with van der Waals surface area (Å²) in [6.07, 6.45) is 1.30. The van der Waals surface area contributed by atoms with Crippen LogP contribution in [0.3, 0.4) is 0 Å². The summed E-state index contributed by atoms with van der Waals surface area (Å²) in [5.41, 5.74) is 3.71. The van der Waals surface area contributed by atoms with Crippen LogP contribution < -0.4 is 10.7 Å². The van der Waals surface area contributed by atoms with Gasteiger partial charge in [0, 0.05) is 28.8 Å². The molecule has 7 heteroatoms. The number of anilines is 1. The van der Waals surface area contributed by atoms with Crippen molar-refractivity contribution < 1.29 is 14.7 Å². The Balaban J connectivity index is 2.00. The van der Waals surface area contributed by atoms with E-state index >= 15 is 0 Å². The maximum atomic E-state index is 11.9. The van der Waals surface area contributed by atoms with Gasteiger partial charge in [0.15, 0.2) is 0 Å².